The van der Waals surface area contributed by atoms with Gasteiger partial charge in [0.2, 0.25) is 5.96 Å². The van der Waals surface area contributed by atoms with E-state index < -0.39 is 5.54 Å². The summed E-state index contributed by atoms with van der Waals surface area (Å²) in [7, 11) is 1.60. The molecular weight excluding hydrogens is 354 g/mol. The molecule has 2 unspecified atom stereocenters. The summed E-state index contributed by atoms with van der Waals surface area (Å²) in [6.07, 6.45) is 2.10. The molecule has 8 heteroatoms. The molecule has 2 fully saturated rings. The van der Waals surface area contributed by atoms with Crippen LogP contribution in [0.3, 0.4) is 0 Å². The van der Waals surface area contributed by atoms with Crippen molar-refractivity contribution in [2.45, 2.75) is 31.3 Å². The molecule has 138 valence electrons. The van der Waals surface area contributed by atoms with Gasteiger partial charge in [-0.25, -0.2) is 14.8 Å². The maximum absolute atomic E-state index is 12.5. The summed E-state index contributed by atoms with van der Waals surface area (Å²) in [5, 5.41) is 3.58. The van der Waals surface area contributed by atoms with Crippen LogP contribution < -0.4 is 15.8 Å². The molecule has 2 atom stereocenters. The summed E-state index contributed by atoms with van der Waals surface area (Å²) >= 11 is 6.47. The number of methoxy groups -OCH3 is 1. The molecule has 1 aromatic rings. The molecule has 3 aliphatic rings. The fourth-order valence-corrected chi connectivity index (χ4v) is 4.02. The number of rotatable bonds is 3. The normalized spacial score (nSPS) is 27.5. The molecule has 0 spiro atoms. The molecule has 26 heavy (non-hydrogen) atoms. The van der Waals surface area contributed by atoms with Gasteiger partial charge in [-0.15, -0.1) is 0 Å². The summed E-state index contributed by atoms with van der Waals surface area (Å²) < 4.78 is 5.49. The fourth-order valence-electron chi connectivity index (χ4n) is 3.76. The number of halogens is 1. The highest BCUT2D eigenvalue weighted by Crippen LogP contribution is 2.40. The van der Waals surface area contributed by atoms with E-state index in [0.29, 0.717) is 29.9 Å². The maximum Gasteiger partial charge on any atom is 0.317 e. The van der Waals surface area contributed by atoms with Crippen molar-refractivity contribution in [1.29, 1.82) is 0 Å². The molecule has 1 saturated heterocycles. The zero-order valence-corrected chi connectivity index (χ0v) is 15.6. The Kier molecular flexibility index (Phi) is 4.06. The number of aliphatic imine (C=N–C) groups is 2. The van der Waals surface area contributed by atoms with Crippen LogP contribution in [-0.4, -0.2) is 54.4 Å². The van der Waals surface area contributed by atoms with Crippen LogP contribution in [0.4, 0.5) is 4.79 Å². The summed E-state index contributed by atoms with van der Waals surface area (Å²) in [6.45, 7) is 3.01. The highest BCUT2D eigenvalue weighted by molar-refractivity contribution is 6.35. The number of carbonyl (C=O) groups is 1. The summed E-state index contributed by atoms with van der Waals surface area (Å²) in [4.78, 5) is 23.4. The Morgan fingerprint density at radius 1 is 1.46 bits per heavy atom. The Bertz CT molecular complexity index is 820. The maximum atomic E-state index is 12.5. The number of hydrogen-bond donors (Lipinski definition) is 2. The van der Waals surface area contributed by atoms with Crippen LogP contribution in [-0.2, 0) is 0 Å². The van der Waals surface area contributed by atoms with Crippen LogP contribution in [0.2, 0.25) is 5.02 Å². The van der Waals surface area contributed by atoms with Crippen molar-refractivity contribution >= 4 is 29.3 Å². The zero-order chi connectivity index (χ0) is 18.5. The second kappa shape index (κ2) is 6.16. The van der Waals surface area contributed by atoms with Crippen LogP contribution in [0.25, 0.3) is 0 Å². The smallest absolute Gasteiger partial charge is 0.317 e. The number of guanidine groups is 1. The van der Waals surface area contributed by atoms with Gasteiger partial charge in [-0.05, 0) is 31.9 Å². The lowest BCUT2D eigenvalue weighted by Gasteiger charge is -2.31. The van der Waals surface area contributed by atoms with E-state index in [4.69, 9.17) is 22.1 Å². The van der Waals surface area contributed by atoms with Gasteiger partial charge < -0.3 is 20.7 Å². The third-order valence-electron chi connectivity index (χ3n) is 5.24. The van der Waals surface area contributed by atoms with Crippen molar-refractivity contribution in [2.24, 2.45) is 21.6 Å². The molecule has 2 amide bonds. The van der Waals surface area contributed by atoms with Gasteiger partial charge in [0.1, 0.15) is 5.75 Å². The van der Waals surface area contributed by atoms with Gasteiger partial charge in [-0.2, -0.15) is 0 Å². The molecule has 2 heterocycles. The number of carbonyl (C=O) groups excluding carboxylic acids is 1. The predicted octanol–water partition coefficient (Wildman–Crippen LogP) is 2.03. The number of nitrogens with zero attached hydrogens (tertiary/aromatic N) is 3. The van der Waals surface area contributed by atoms with E-state index in [0.717, 1.165) is 24.1 Å². The first kappa shape index (κ1) is 17.1. The van der Waals surface area contributed by atoms with Crippen LogP contribution in [0.5, 0.6) is 5.75 Å². The third kappa shape index (κ3) is 2.90. The zero-order valence-electron chi connectivity index (χ0n) is 14.8. The van der Waals surface area contributed by atoms with Crippen LogP contribution >= 0.6 is 11.6 Å². The van der Waals surface area contributed by atoms with Crippen molar-refractivity contribution < 1.29 is 9.53 Å². The minimum atomic E-state index is -0.535. The Labute approximate surface area is 157 Å². The minimum absolute atomic E-state index is 0.0534. The van der Waals surface area contributed by atoms with E-state index in [1.807, 2.05) is 19.1 Å². The first-order valence-electron chi connectivity index (χ1n) is 8.73. The fraction of sp³-hybridized carbons (Fsp3) is 0.500. The lowest BCUT2D eigenvalue weighted by molar-refractivity contribution is 0.205. The number of benzene rings is 1. The van der Waals surface area contributed by atoms with Gasteiger partial charge in [0.25, 0.3) is 0 Å². The van der Waals surface area contributed by atoms with Gasteiger partial charge in [0.05, 0.1) is 28.9 Å². The Balaban J connectivity index is 1.70. The van der Waals surface area contributed by atoms with Crippen molar-refractivity contribution in [3.05, 3.63) is 28.8 Å². The molecule has 1 aromatic carbocycles. The van der Waals surface area contributed by atoms with E-state index in [1.54, 1.807) is 18.1 Å². The van der Waals surface area contributed by atoms with Crippen LogP contribution in [0.15, 0.2) is 28.2 Å². The molecule has 7 nitrogen and oxygen atoms in total. The number of nitrogens with two attached hydrogens (primary N) is 1. The summed E-state index contributed by atoms with van der Waals surface area (Å²) in [5.74, 6) is 0.730. The molecule has 0 radical (unpaired) electrons. The highest BCUT2D eigenvalue weighted by atomic mass is 35.5. The monoisotopic (exact) mass is 375 g/mol. The highest BCUT2D eigenvalue weighted by Gasteiger charge is 2.50. The number of likely N-dealkylation sites (tertiary alicyclic amines) is 1. The molecule has 1 aliphatic carbocycles. The minimum Gasteiger partial charge on any atom is -0.496 e. The molecule has 0 bridgehead atoms. The van der Waals surface area contributed by atoms with E-state index in [9.17, 15) is 4.79 Å². The quantitative estimate of drug-likeness (QED) is 0.846. The van der Waals surface area contributed by atoms with Crippen molar-refractivity contribution in [1.82, 2.24) is 10.2 Å². The van der Waals surface area contributed by atoms with E-state index in [2.05, 4.69) is 15.3 Å². The summed E-state index contributed by atoms with van der Waals surface area (Å²) in [5.41, 5.74) is 6.93. The SMILES string of the molecule is COc1cccc(Cl)c1C1=NC(N)=NC2(C)CN(C(=O)NC3CC3)CC12. The van der Waals surface area contributed by atoms with Gasteiger partial charge in [0, 0.05) is 25.0 Å². The van der Waals surface area contributed by atoms with Crippen molar-refractivity contribution in [3.63, 3.8) is 0 Å². The summed E-state index contributed by atoms with van der Waals surface area (Å²) in [6, 6.07) is 5.73. The van der Waals surface area contributed by atoms with Crippen LogP contribution in [0, 0.1) is 5.92 Å². The second-order valence-electron chi connectivity index (χ2n) is 7.30. The third-order valence-corrected chi connectivity index (χ3v) is 5.56. The van der Waals surface area contributed by atoms with E-state index >= 15 is 0 Å². The largest absolute Gasteiger partial charge is 0.496 e. The van der Waals surface area contributed by atoms with Gasteiger partial charge >= 0.3 is 6.03 Å². The van der Waals surface area contributed by atoms with Gasteiger partial charge in [0.15, 0.2) is 0 Å². The molecule has 4 rings (SSSR count). The topological polar surface area (TPSA) is 92.3 Å². The lowest BCUT2D eigenvalue weighted by atomic mass is 9.82. The van der Waals surface area contributed by atoms with Gasteiger partial charge in [-0.1, -0.05) is 17.7 Å². The number of amides is 2. The average molecular weight is 376 g/mol. The number of urea groups is 1. The molecule has 0 aromatic heterocycles. The number of fused-ring (bicyclic) bond motifs is 1. The Morgan fingerprint density at radius 2 is 2.23 bits per heavy atom. The lowest BCUT2D eigenvalue weighted by Crippen LogP contribution is -2.44. The van der Waals surface area contributed by atoms with E-state index in [1.165, 1.54) is 0 Å². The number of hydrogen-bond acceptors (Lipinski definition) is 5. The average Bonchev–Trinajstić information content (AvgIpc) is 3.32. The molecule has 1 saturated carbocycles. The first-order chi connectivity index (χ1) is 12.4. The van der Waals surface area contributed by atoms with Crippen molar-refractivity contribution in [2.75, 3.05) is 20.2 Å². The Hall–Kier alpha value is -2.28. The molecule has 2 aliphatic heterocycles. The van der Waals surface area contributed by atoms with E-state index in [-0.39, 0.29) is 17.9 Å². The molecular formula is C18H22ClN5O2. The standard InChI is InChI=1S/C18H22ClN5O2/c1-18-9-24(17(25)21-10-6-7-10)8-11(18)15(22-16(20)23-18)14-12(19)4-3-5-13(14)26-2/h3-5,10-11H,6-9H2,1-2H3,(H2,20,23)(H,21,25). The molecule has 3 N–H and O–H groups in total. The number of ether oxygens (including phenoxy) is 1. The number of nitrogens with one attached hydrogen (secondary N) is 1. The Morgan fingerprint density at radius 3 is 2.92 bits per heavy atom. The van der Waals surface area contributed by atoms with Gasteiger partial charge in [-0.3, -0.25) is 0 Å². The second-order valence-corrected chi connectivity index (χ2v) is 7.71. The van der Waals surface area contributed by atoms with Crippen molar-refractivity contribution in [3.8, 4) is 5.75 Å². The first-order valence-corrected chi connectivity index (χ1v) is 9.11. The van der Waals surface area contributed by atoms with Crippen LogP contribution in [0.1, 0.15) is 25.3 Å². The predicted molar refractivity (Wildman–Crippen MR) is 101 cm³/mol.